The first-order chi connectivity index (χ1) is 19.7. The van der Waals surface area contributed by atoms with Crippen LogP contribution in [0.2, 0.25) is 0 Å². The standard InChI is InChI=1S/2C11H12F2NO.2C5H5.Ti/c2*1-2-11(15)14-6-5-8-3-4-9(12)7-10(8)13;2*1-2-4-5-3-1;/h2*3-4H,2,5-6H2,1H3,(H,14,15);2*1-3H,4H2;. The van der Waals surface area contributed by atoms with Crippen LogP contribution in [0.3, 0.4) is 0 Å². The van der Waals surface area contributed by atoms with Gasteiger partial charge in [-0.15, -0.1) is 0 Å². The van der Waals surface area contributed by atoms with Crippen LogP contribution in [-0.2, 0) is 39.0 Å². The van der Waals surface area contributed by atoms with Crippen LogP contribution < -0.4 is 18.4 Å². The Balaban J connectivity index is 1.95. The van der Waals surface area contributed by atoms with Crippen LogP contribution in [0.1, 0.15) is 50.7 Å². The summed E-state index contributed by atoms with van der Waals surface area (Å²) in [6.07, 6.45) is 12.1. The molecule has 0 aromatic heterocycles. The van der Waals surface area contributed by atoms with Gasteiger partial charge in [-0.2, -0.15) is 0 Å². The molecule has 2 aromatic rings. The van der Waals surface area contributed by atoms with E-state index in [-0.39, 0.29) is 69.5 Å². The number of amides is 2. The molecule has 2 aliphatic rings. The second-order valence-corrected chi connectivity index (χ2v) is 16.0. The van der Waals surface area contributed by atoms with Gasteiger partial charge in [0.25, 0.3) is 0 Å². The summed E-state index contributed by atoms with van der Waals surface area (Å²) in [5, 5.41) is 5.41. The fourth-order valence-electron chi connectivity index (χ4n) is 5.61. The summed E-state index contributed by atoms with van der Waals surface area (Å²) in [7, 11) is 0. The summed E-state index contributed by atoms with van der Waals surface area (Å²) in [5.74, 6) is -3.72. The Kier molecular flexibility index (Phi) is 10.2. The minimum absolute atomic E-state index is 0.0971. The van der Waals surface area contributed by atoms with E-state index in [1.807, 2.05) is 12.2 Å². The molecule has 0 aliphatic heterocycles. The van der Waals surface area contributed by atoms with Gasteiger partial charge in [-0.1, -0.05) is 0 Å². The third kappa shape index (κ3) is 6.19. The van der Waals surface area contributed by atoms with Gasteiger partial charge in [-0.05, 0) is 0 Å². The van der Waals surface area contributed by atoms with Gasteiger partial charge in [0, 0.05) is 0 Å². The van der Waals surface area contributed by atoms with Gasteiger partial charge in [-0.25, -0.2) is 0 Å². The van der Waals surface area contributed by atoms with Crippen molar-refractivity contribution in [3.8, 4) is 0 Å². The quantitative estimate of drug-likeness (QED) is 0.260. The number of benzene rings is 2. The first-order valence-corrected chi connectivity index (χ1v) is 17.1. The molecule has 0 spiro atoms. The molecule has 216 valence electrons. The molecule has 4 nitrogen and oxygen atoms in total. The predicted molar refractivity (Wildman–Crippen MR) is 150 cm³/mol. The molecule has 0 unspecified atom stereocenters. The van der Waals surface area contributed by atoms with Crippen molar-refractivity contribution in [2.75, 3.05) is 13.1 Å². The van der Waals surface area contributed by atoms with Gasteiger partial charge < -0.3 is 0 Å². The van der Waals surface area contributed by atoms with Crippen molar-refractivity contribution in [2.45, 2.75) is 52.4 Å². The normalized spacial score (nSPS) is 14.3. The SMILES string of the molecule is CCC(=O)NCCc1ccc(F)[c]([Ti]([C]2=CC=CC2)([C]2=CC=CC2)[c]2c(F)ccc(CCNC(=O)CC)c2F)c1F. The van der Waals surface area contributed by atoms with E-state index in [0.29, 0.717) is 20.6 Å². The third-order valence-electron chi connectivity index (χ3n) is 7.67. The molecule has 2 amide bonds. The van der Waals surface area contributed by atoms with Crippen molar-refractivity contribution >= 4 is 19.6 Å². The van der Waals surface area contributed by atoms with Crippen LogP contribution >= 0.6 is 0 Å². The zero-order valence-corrected chi connectivity index (χ0v) is 24.8. The molecule has 2 aliphatic carbocycles. The molecule has 2 aromatic carbocycles. The van der Waals surface area contributed by atoms with Crippen LogP contribution in [-0.4, -0.2) is 24.9 Å². The van der Waals surface area contributed by atoms with Crippen molar-refractivity contribution in [3.63, 3.8) is 0 Å². The van der Waals surface area contributed by atoms with Gasteiger partial charge in [0.05, 0.1) is 0 Å². The second-order valence-electron chi connectivity index (χ2n) is 10.1. The Morgan fingerprint density at radius 3 is 1.46 bits per heavy atom. The van der Waals surface area contributed by atoms with Gasteiger partial charge >= 0.3 is 242 Å². The number of carbonyl (C=O) groups excluding carboxylic acids is 2. The zero-order chi connectivity index (χ0) is 29.6. The molecule has 4 rings (SSSR count). The summed E-state index contributed by atoms with van der Waals surface area (Å²) in [5.41, 5.74) is 0.343. The topological polar surface area (TPSA) is 58.2 Å². The number of halogens is 4. The summed E-state index contributed by atoms with van der Waals surface area (Å²) in [6, 6.07) is 5.01. The van der Waals surface area contributed by atoms with Gasteiger partial charge in [0.15, 0.2) is 0 Å². The number of nitrogens with one attached hydrogen (secondary N) is 2. The molecule has 41 heavy (non-hydrogen) atoms. The van der Waals surface area contributed by atoms with Gasteiger partial charge in [0.2, 0.25) is 0 Å². The number of hydrogen-bond donors (Lipinski definition) is 2. The van der Waals surface area contributed by atoms with E-state index >= 15 is 17.6 Å². The molecular weight excluding hydrogens is 568 g/mol. The van der Waals surface area contributed by atoms with Crippen molar-refractivity contribution in [2.24, 2.45) is 0 Å². The number of carbonyl (C=O) groups is 2. The van der Waals surface area contributed by atoms with Crippen molar-refractivity contribution in [1.29, 1.82) is 0 Å². The molecule has 0 fully saturated rings. The van der Waals surface area contributed by atoms with Gasteiger partial charge in [0.1, 0.15) is 0 Å². The molecular formula is C32H34F4N2O2Ti. The van der Waals surface area contributed by atoms with Crippen LogP contribution in [0, 0.1) is 23.3 Å². The number of rotatable bonds is 12. The van der Waals surface area contributed by atoms with Gasteiger partial charge in [-0.3, -0.25) is 0 Å². The Hall–Kier alpha value is -3.23. The predicted octanol–water partition coefficient (Wildman–Crippen LogP) is 5.17. The van der Waals surface area contributed by atoms with E-state index < -0.39 is 39.9 Å². The average Bonchev–Trinajstić information content (AvgIpc) is 3.70. The van der Waals surface area contributed by atoms with Crippen molar-refractivity contribution in [1.82, 2.24) is 10.6 Å². The Bertz CT molecular complexity index is 1350. The summed E-state index contributed by atoms with van der Waals surface area (Å²) in [4.78, 5) is 23.5. The van der Waals surface area contributed by atoms with E-state index in [4.69, 9.17) is 0 Å². The fourth-order valence-corrected chi connectivity index (χ4v) is 14.0. The fraction of sp³-hybridized carbons (Fsp3) is 0.312. The molecule has 0 bridgehead atoms. The molecule has 2 N–H and O–H groups in total. The van der Waals surface area contributed by atoms with Crippen LogP contribution in [0.5, 0.6) is 0 Å². The average molecular weight is 602 g/mol. The summed E-state index contributed by atoms with van der Waals surface area (Å²) >= 11 is -4.91. The maximum atomic E-state index is 16.6. The van der Waals surface area contributed by atoms with E-state index in [1.165, 1.54) is 24.3 Å². The zero-order valence-electron chi connectivity index (χ0n) is 23.3. The minimum atomic E-state index is -4.91. The molecule has 0 radical (unpaired) electrons. The summed E-state index contributed by atoms with van der Waals surface area (Å²) < 4.78 is 66.1. The number of allylic oxidation sites excluding steroid dienone is 8. The van der Waals surface area contributed by atoms with E-state index in [1.54, 1.807) is 38.2 Å². The Labute approximate surface area is 241 Å². The summed E-state index contributed by atoms with van der Waals surface area (Å²) in [6.45, 7) is 3.70. The third-order valence-corrected chi connectivity index (χ3v) is 15.6. The first kappa shape index (κ1) is 30.7. The molecule has 9 heteroatoms. The van der Waals surface area contributed by atoms with Crippen LogP contribution in [0.25, 0.3) is 0 Å². The first-order valence-electron chi connectivity index (χ1n) is 14.0. The van der Waals surface area contributed by atoms with Crippen LogP contribution in [0.4, 0.5) is 17.6 Å². The monoisotopic (exact) mass is 602 g/mol. The van der Waals surface area contributed by atoms with E-state index in [9.17, 15) is 9.59 Å². The van der Waals surface area contributed by atoms with Crippen molar-refractivity contribution < 1.29 is 43.7 Å². The Morgan fingerprint density at radius 2 is 1.12 bits per heavy atom. The molecule has 0 saturated carbocycles. The number of hydrogen-bond acceptors (Lipinski definition) is 2. The van der Waals surface area contributed by atoms with E-state index in [0.717, 1.165) is 0 Å². The molecule has 0 atom stereocenters. The van der Waals surface area contributed by atoms with Crippen LogP contribution in [0.15, 0.2) is 68.5 Å². The Morgan fingerprint density at radius 1 is 0.707 bits per heavy atom. The molecule has 0 heterocycles. The van der Waals surface area contributed by atoms with E-state index in [2.05, 4.69) is 10.6 Å². The molecule has 0 saturated heterocycles. The van der Waals surface area contributed by atoms with Crippen molar-refractivity contribution in [3.05, 3.63) is 103 Å². The second kappa shape index (κ2) is 13.6. The maximum absolute atomic E-state index is 16.6.